The lowest BCUT2D eigenvalue weighted by Crippen LogP contribution is -2.72. The van der Waals surface area contributed by atoms with Gasteiger partial charge in [0.1, 0.15) is 5.92 Å². The number of ether oxygens (including phenoxy) is 2. The Morgan fingerprint density at radius 3 is 2.56 bits per heavy atom. The number of nitrogens with zero attached hydrogens (tertiary/aromatic N) is 1. The summed E-state index contributed by atoms with van der Waals surface area (Å²) in [6.45, 7) is 1.86. The Hall–Kier alpha value is -3.00. The topological polar surface area (TPSA) is 62.8 Å². The van der Waals surface area contributed by atoms with Crippen molar-refractivity contribution in [2.45, 2.75) is 18.7 Å². The first kappa shape index (κ1) is 22.8. The van der Waals surface area contributed by atoms with Crippen molar-refractivity contribution >= 4 is 57.8 Å². The summed E-state index contributed by atoms with van der Waals surface area (Å²) in [6, 6.07) is 19.4. The molecule has 6 nitrogen and oxygen atoms in total. The molecule has 5 rings (SSSR count). The van der Waals surface area contributed by atoms with Gasteiger partial charge in [-0.3, -0.25) is 9.69 Å². The molecule has 2 aliphatic heterocycles. The van der Waals surface area contributed by atoms with Crippen molar-refractivity contribution in [1.82, 2.24) is 5.32 Å². The van der Waals surface area contributed by atoms with Crippen LogP contribution in [-0.4, -0.2) is 23.9 Å². The Labute approximate surface area is 212 Å². The fourth-order valence-electron chi connectivity index (χ4n) is 4.69. The summed E-state index contributed by atoms with van der Waals surface area (Å²) in [5, 5.41) is 7.94. The van der Waals surface area contributed by atoms with E-state index in [0.717, 1.165) is 5.56 Å². The molecule has 1 fully saturated rings. The van der Waals surface area contributed by atoms with Gasteiger partial charge in [-0.2, -0.15) is 0 Å². The van der Waals surface area contributed by atoms with Gasteiger partial charge in [-0.05, 0) is 67.7 Å². The number of hydrogen-bond donors (Lipinski definition) is 2. The summed E-state index contributed by atoms with van der Waals surface area (Å²) >= 11 is 18.1. The highest BCUT2D eigenvalue weighted by Gasteiger charge is 2.59. The van der Waals surface area contributed by atoms with Gasteiger partial charge in [0.2, 0.25) is 5.91 Å². The van der Waals surface area contributed by atoms with Crippen molar-refractivity contribution < 1.29 is 14.3 Å². The maximum absolute atomic E-state index is 13.8. The third-order valence-electron chi connectivity index (χ3n) is 6.17. The Kier molecular flexibility index (Phi) is 5.80. The molecule has 1 amide bonds. The summed E-state index contributed by atoms with van der Waals surface area (Å²) in [5.74, 6) is 0.222. The molecule has 0 aromatic heterocycles. The van der Waals surface area contributed by atoms with Crippen LogP contribution >= 0.6 is 35.4 Å². The molecule has 2 heterocycles. The number of fused-ring (bicyclic) bond motifs is 4. The van der Waals surface area contributed by atoms with E-state index in [2.05, 4.69) is 10.6 Å². The lowest BCUT2D eigenvalue weighted by atomic mass is 9.78. The summed E-state index contributed by atoms with van der Waals surface area (Å²) in [6.07, 6.45) is 0. The second-order valence-electron chi connectivity index (χ2n) is 8.25. The molecular weight excluding hydrogens is 493 g/mol. The molecule has 2 aliphatic rings. The van der Waals surface area contributed by atoms with Gasteiger partial charge in [0, 0.05) is 27.0 Å². The Balaban J connectivity index is 1.65. The van der Waals surface area contributed by atoms with Crippen molar-refractivity contribution in [2.24, 2.45) is 5.92 Å². The molecular formula is C25H21Cl2N3O3S. The Bertz CT molecular complexity index is 1290. The number of amides is 1. The standard InChI is InChI=1S/C25H21Cl2N3O3S/c1-25-20(23(31)28-16-11-9-14(26)10-12-16)21(18-7-4-8-19(32-2)22(18)33-25)29-24(34)30(25)17-6-3-5-15(27)13-17/h3-13,20-21H,1-2H3,(H,28,31)(H,29,34). The normalized spacial score (nSPS) is 22.8. The third-order valence-corrected chi connectivity index (χ3v) is 6.96. The van der Waals surface area contributed by atoms with Gasteiger partial charge >= 0.3 is 0 Å². The van der Waals surface area contributed by atoms with E-state index < -0.39 is 17.7 Å². The van der Waals surface area contributed by atoms with Crippen LogP contribution in [0.2, 0.25) is 10.0 Å². The number of carbonyl (C=O) groups excluding carboxylic acids is 1. The minimum absolute atomic E-state index is 0.231. The zero-order valence-electron chi connectivity index (χ0n) is 18.3. The quantitative estimate of drug-likeness (QED) is 0.429. The van der Waals surface area contributed by atoms with Crippen LogP contribution in [0.1, 0.15) is 18.5 Å². The number of rotatable bonds is 4. The molecule has 3 unspecified atom stereocenters. The number of carbonyl (C=O) groups is 1. The summed E-state index contributed by atoms with van der Waals surface area (Å²) < 4.78 is 12.2. The average Bonchev–Trinajstić information content (AvgIpc) is 2.79. The molecule has 1 saturated heterocycles. The fourth-order valence-corrected chi connectivity index (χ4v) is 5.41. The van der Waals surface area contributed by atoms with Crippen molar-refractivity contribution in [3.05, 3.63) is 82.3 Å². The maximum atomic E-state index is 13.8. The molecule has 0 spiro atoms. The number of thiocarbonyl (C=S) groups is 1. The van der Waals surface area contributed by atoms with Gasteiger partial charge < -0.3 is 20.1 Å². The predicted octanol–water partition coefficient (Wildman–Crippen LogP) is 5.80. The molecule has 9 heteroatoms. The maximum Gasteiger partial charge on any atom is 0.236 e. The first-order valence-electron chi connectivity index (χ1n) is 10.6. The Morgan fingerprint density at radius 1 is 1.12 bits per heavy atom. The number of nitrogens with one attached hydrogen (secondary N) is 2. The van der Waals surface area contributed by atoms with Crippen LogP contribution in [0.3, 0.4) is 0 Å². The van der Waals surface area contributed by atoms with Gasteiger partial charge in [0.15, 0.2) is 22.3 Å². The average molecular weight is 514 g/mol. The second kappa shape index (κ2) is 8.65. The van der Waals surface area contributed by atoms with Gasteiger partial charge in [-0.1, -0.05) is 41.4 Å². The van der Waals surface area contributed by atoms with Crippen LogP contribution < -0.4 is 25.0 Å². The molecule has 174 valence electrons. The van der Waals surface area contributed by atoms with Crippen LogP contribution in [0.25, 0.3) is 0 Å². The van der Waals surface area contributed by atoms with Gasteiger partial charge in [-0.25, -0.2) is 0 Å². The zero-order chi connectivity index (χ0) is 24.0. The molecule has 3 aromatic carbocycles. The van der Waals surface area contributed by atoms with E-state index >= 15 is 0 Å². The molecule has 34 heavy (non-hydrogen) atoms. The second-order valence-corrected chi connectivity index (χ2v) is 9.51. The van der Waals surface area contributed by atoms with Gasteiger partial charge in [-0.15, -0.1) is 0 Å². The molecule has 0 radical (unpaired) electrons. The van der Waals surface area contributed by atoms with E-state index in [-0.39, 0.29) is 5.91 Å². The van der Waals surface area contributed by atoms with Crippen LogP contribution in [0.4, 0.5) is 11.4 Å². The van der Waals surface area contributed by atoms with Crippen LogP contribution in [0.15, 0.2) is 66.7 Å². The molecule has 3 aromatic rings. The van der Waals surface area contributed by atoms with Crippen molar-refractivity contribution in [3.63, 3.8) is 0 Å². The number of hydrogen-bond acceptors (Lipinski definition) is 4. The first-order chi connectivity index (χ1) is 16.3. The van der Waals surface area contributed by atoms with E-state index in [9.17, 15) is 4.79 Å². The fraction of sp³-hybridized carbons (Fsp3) is 0.200. The van der Waals surface area contributed by atoms with E-state index in [0.29, 0.717) is 38.0 Å². The highest BCUT2D eigenvalue weighted by atomic mass is 35.5. The Morgan fingerprint density at radius 2 is 1.85 bits per heavy atom. The smallest absolute Gasteiger partial charge is 0.236 e. The highest BCUT2D eigenvalue weighted by molar-refractivity contribution is 7.80. The number of halogens is 2. The summed E-state index contributed by atoms with van der Waals surface area (Å²) in [4.78, 5) is 15.6. The van der Waals surface area contributed by atoms with Crippen molar-refractivity contribution in [2.75, 3.05) is 17.3 Å². The van der Waals surface area contributed by atoms with E-state index in [4.69, 9.17) is 44.9 Å². The number of para-hydroxylation sites is 1. The van der Waals surface area contributed by atoms with E-state index in [1.807, 2.05) is 37.3 Å². The number of benzene rings is 3. The molecule has 2 N–H and O–H groups in total. The lowest BCUT2D eigenvalue weighted by Gasteiger charge is -2.56. The predicted molar refractivity (Wildman–Crippen MR) is 138 cm³/mol. The number of methoxy groups -OCH3 is 1. The first-order valence-corrected chi connectivity index (χ1v) is 11.8. The van der Waals surface area contributed by atoms with Crippen LogP contribution in [-0.2, 0) is 4.79 Å². The van der Waals surface area contributed by atoms with Crippen molar-refractivity contribution in [1.29, 1.82) is 0 Å². The minimum atomic E-state index is -1.18. The summed E-state index contributed by atoms with van der Waals surface area (Å²) in [7, 11) is 1.59. The highest BCUT2D eigenvalue weighted by Crippen LogP contribution is 2.52. The zero-order valence-corrected chi connectivity index (χ0v) is 20.7. The largest absolute Gasteiger partial charge is 0.493 e. The molecule has 2 bridgehead atoms. The van der Waals surface area contributed by atoms with Crippen LogP contribution in [0, 0.1) is 5.92 Å². The van der Waals surface area contributed by atoms with Gasteiger partial charge in [0.05, 0.1) is 13.2 Å². The monoisotopic (exact) mass is 513 g/mol. The minimum Gasteiger partial charge on any atom is -0.493 e. The molecule has 0 aliphatic carbocycles. The molecule has 0 saturated carbocycles. The lowest BCUT2D eigenvalue weighted by molar-refractivity contribution is -0.130. The van der Waals surface area contributed by atoms with E-state index in [1.54, 1.807) is 48.4 Å². The van der Waals surface area contributed by atoms with Crippen molar-refractivity contribution in [3.8, 4) is 11.5 Å². The van der Waals surface area contributed by atoms with Crippen LogP contribution in [0.5, 0.6) is 11.5 Å². The number of anilines is 2. The summed E-state index contributed by atoms with van der Waals surface area (Å²) in [5.41, 5.74) is 0.940. The molecule has 3 atom stereocenters. The SMILES string of the molecule is COc1cccc2c1OC1(C)C(C(=O)Nc3ccc(Cl)cc3)C2NC(=S)N1c1cccc(Cl)c1. The third kappa shape index (κ3) is 3.74. The van der Waals surface area contributed by atoms with E-state index in [1.165, 1.54) is 0 Å². The van der Waals surface area contributed by atoms with Gasteiger partial charge in [0.25, 0.3) is 0 Å².